The highest BCUT2D eigenvalue weighted by atomic mass is 16.6. The van der Waals surface area contributed by atoms with E-state index in [0.29, 0.717) is 19.0 Å². The van der Waals surface area contributed by atoms with Crippen molar-refractivity contribution in [2.75, 3.05) is 13.1 Å². The van der Waals surface area contributed by atoms with Crippen molar-refractivity contribution in [3.8, 4) is 0 Å². The van der Waals surface area contributed by atoms with Gasteiger partial charge in [0.2, 0.25) is 0 Å². The Balaban J connectivity index is 2.80. The molecule has 0 bridgehead atoms. The molecule has 0 unspecified atom stereocenters. The average molecular weight is 396 g/mol. The van der Waals surface area contributed by atoms with Crippen molar-refractivity contribution < 1.29 is 9.53 Å². The molecule has 0 aliphatic heterocycles. The van der Waals surface area contributed by atoms with Crippen LogP contribution < -0.4 is 16.0 Å². The second kappa shape index (κ2) is 10.9. The molecule has 0 saturated carbocycles. The lowest BCUT2D eigenvalue weighted by atomic mass is 9.93. The molecule has 1 heterocycles. The summed E-state index contributed by atoms with van der Waals surface area (Å²) in [7, 11) is 0. The van der Waals surface area contributed by atoms with E-state index in [1.54, 1.807) is 6.33 Å². The Morgan fingerprint density at radius 2 is 1.86 bits per heavy atom. The van der Waals surface area contributed by atoms with E-state index in [0.717, 1.165) is 31.8 Å². The number of amides is 1. The predicted molar refractivity (Wildman–Crippen MR) is 111 cm³/mol. The molecule has 160 valence electrons. The van der Waals surface area contributed by atoms with Gasteiger partial charge in [0.1, 0.15) is 18.5 Å². The van der Waals surface area contributed by atoms with Gasteiger partial charge in [-0.1, -0.05) is 13.8 Å². The molecule has 0 radical (unpaired) electrons. The number of carbonyl (C=O) groups excluding carboxylic acids is 1. The molecule has 1 aromatic rings. The number of aryl methyl sites for hydroxylation is 1. The van der Waals surface area contributed by atoms with Crippen molar-refractivity contribution in [2.45, 2.75) is 85.5 Å². The van der Waals surface area contributed by atoms with E-state index in [4.69, 9.17) is 4.74 Å². The third-order valence-electron chi connectivity index (χ3n) is 4.47. The zero-order chi connectivity index (χ0) is 21.2. The summed E-state index contributed by atoms with van der Waals surface area (Å²) in [6.45, 7) is 16.2. The van der Waals surface area contributed by atoms with Gasteiger partial charge in [0.25, 0.3) is 0 Å². The summed E-state index contributed by atoms with van der Waals surface area (Å²) in [5, 5.41) is 17.7. The van der Waals surface area contributed by atoms with Crippen molar-refractivity contribution in [3.05, 3.63) is 12.2 Å². The highest BCUT2D eigenvalue weighted by molar-refractivity contribution is 5.80. The zero-order valence-electron chi connectivity index (χ0n) is 18.4. The Labute approximate surface area is 168 Å². The van der Waals surface area contributed by atoms with Crippen LogP contribution in [0.15, 0.2) is 11.3 Å². The van der Waals surface area contributed by atoms with E-state index in [2.05, 4.69) is 45.0 Å². The van der Waals surface area contributed by atoms with Crippen molar-refractivity contribution >= 4 is 12.1 Å². The number of carbonyl (C=O) groups is 1. The van der Waals surface area contributed by atoms with Crippen LogP contribution in [0.3, 0.4) is 0 Å². The lowest BCUT2D eigenvalue weighted by molar-refractivity contribution is 0.0448. The highest BCUT2D eigenvalue weighted by Crippen LogP contribution is 2.16. The molecule has 0 saturated heterocycles. The normalized spacial score (nSPS) is 12.6. The van der Waals surface area contributed by atoms with Crippen molar-refractivity contribution in [3.63, 3.8) is 0 Å². The molecule has 0 aliphatic carbocycles. The molecule has 9 nitrogen and oxygen atoms in total. The van der Waals surface area contributed by atoms with Gasteiger partial charge in [-0.25, -0.2) is 9.79 Å². The van der Waals surface area contributed by atoms with Crippen LogP contribution in [-0.2, 0) is 17.8 Å². The number of hydrogen-bond donors (Lipinski definition) is 3. The van der Waals surface area contributed by atoms with Crippen LogP contribution in [0.25, 0.3) is 0 Å². The van der Waals surface area contributed by atoms with Gasteiger partial charge in [0.15, 0.2) is 11.8 Å². The van der Waals surface area contributed by atoms with Gasteiger partial charge in [0, 0.05) is 19.6 Å². The Morgan fingerprint density at radius 1 is 1.18 bits per heavy atom. The molecule has 0 fully saturated rings. The first-order valence-corrected chi connectivity index (χ1v) is 10.1. The van der Waals surface area contributed by atoms with Crippen molar-refractivity contribution in [2.24, 2.45) is 4.99 Å². The minimum absolute atomic E-state index is 0.406. The van der Waals surface area contributed by atoms with Gasteiger partial charge in [-0.3, -0.25) is 0 Å². The molecule has 1 amide bonds. The summed E-state index contributed by atoms with van der Waals surface area (Å²) in [5.41, 5.74) is -0.960. The van der Waals surface area contributed by atoms with Crippen LogP contribution in [0.1, 0.15) is 67.1 Å². The molecule has 9 heteroatoms. The summed E-state index contributed by atoms with van der Waals surface area (Å²) in [4.78, 5) is 16.9. The third-order valence-corrected chi connectivity index (χ3v) is 4.47. The molecule has 0 aliphatic rings. The van der Waals surface area contributed by atoms with Gasteiger partial charge in [-0.2, -0.15) is 0 Å². The summed E-state index contributed by atoms with van der Waals surface area (Å²) >= 11 is 0. The minimum atomic E-state index is -0.531. The fraction of sp³-hybridized carbons (Fsp3) is 0.789. The van der Waals surface area contributed by atoms with Crippen LogP contribution in [0.2, 0.25) is 0 Å². The van der Waals surface area contributed by atoms with Gasteiger partial charge < -0.3 is 25.3 Å². The van der Waals surface area contributed by atoms with Crippen LogP contribution in [0.4, 0.5) is 4.79 Å². The second-order valence-electron chi connectivity index (χ2n) is 7.70. The quantitative estimate of drug-likeness (QED) is 0.438. The Hall–Kier alpha value is -2.32. The molecule has 1 rings (SSSR count). The first kappa shape index (κ1) is 23.7. The molecular formula is C19H37N7O2. The lowest BCUT2D eigenvalue weighted by Crippen LogP contribution is -2.57. The Morgan fingerprint density at radius 3 is 2.39 bits per heavy atom. The SMILES string of the molecule is CCNC(=NCc1nncn1CC)NCC(CC)(CC)NC(=O)OC(C)(C)C. The van der Waals surface area contributed by atoms with Gasteiger partial charge in [0.05, 0.1) is 5.54 Å². The first-order chi connectivity index (χ1) is 13.2. The molecule has 28 heavy (non-hydrogen) atoms. The Kier molecular flexibility index (Phi) is 9.21. The van der Waals surface area contributed by atoms with E-state index >= 15 is 0 Å². The van der Waals surface area contributed by atoms with E-state index in [-0.39, 0.29) is 0 Å². The van der Waals surface area contributed by atoms with Crippen LogP contribution in [0, 0.1) is 0 Å². The highest BCUT2D eigenvalue weighted by Gasteiger charge is 2.30. The van der Waals surface area contributed by atoms with E-state index in [9.17, 15) is 4.79 Å². The maximum atomic E-state index is 12.3. The van der Waals surface area contributed by atoms with E-state index < -0.39 is 17.2 Å². The van der Waals surface area contributed by atoms with Gasteiger partial charge in [-0.15, -0.1) is 10.2 Å². The summed E-state index contributed by atoms with van der Waals surface area (Å²) in [6.07, 6.45) is 2.82. The van der Waals surface area contributed by atoms with Crippen LogP contribution >= 0.6 is 0 Å². The third kappa shape index (κ3) is 7.74. The molecule has 0 aromatic carbocycles. The monoisotopic (exact) mass is 395 g/mol. The number of hydrogen-bond acceptors (Lipinski definition) is 5. The molecule has 0 spiro atoms. The number of ether oxygens (including phenoxy) is 1. The minimum Gasteiger partial charge on any atom is -0.444 e. The second-order valence-corrected chi connectivity index (χ2v) is 7.70. The maximum Gasteiger partial charge on any atom is 0.408 e. The van der Waals surface area contributed by atoms with Crippen molar-refractivity contribution in [1.82, 2.24) is 30.7 Å². The summed E-state index contributed by atoms with van der Waals surface area (Å²) < 4.78 is 7.39. The number of nitrogens with zero attached hydrogens (tertiary/aromatic N) is 4. The largest absolute Gasteiger partial charge is 0.444 e. The van der Waals surface area contributed by atoms with Gasteiger partial charge >= 0.3 is 6.09 Å². The van der Waals surface area contributed by atoms with Crippen LogP contribution in [-0.4, -0.2) is 51.0 Å². The molecular weight excluding hydrogens is 358 g/mol. The van der Waals surface area contributed by atoms with E-state index in [1.807, 2.05) is 39.2 Å². The molecule has 1 aromatic heterocycles. The zero-order valence-corrected chi connectivity index (χ0v) is 18.4. The number of aromatic nitrogens is 3. The number of guanidine groups is 1. The Bertz CT molecular complexity index is 630. The number of aliphatic imine (C=N–C) groups is 1. The first-order valence-electron chi connectivity index (χ1n) is 10.1. The number of nitrogens with one attached hydrogen (secondary N) is 3. The van der Waals surface area contributed by atoms with Crippen molar-refractivity contribution in [1.29, 1.82) is 0 Å². The lowest BCUT2D eigenvalue weighted by Gasteiger charge is -2.34. The average Bonchev–Trinajstić information content (AvgIpc) is 3.08. The standard InChI is InChI=1S/C19H37N7O2/c1-8-19(9-2,24-17(27)28-18(5,6)7)13-22-16(20-10-3)21-12-15-25-23-14-26(15)11-4/h14H,8-13H2,1-7H3,(H,24,27)(H2,20,21,22). The number of rotatable bonds is 9. The topological polar surface area (TPSA) is 105 Å². The van der Waals surface area contributed by atoms with E-state index in [1.165, 1.54) is 0 Å². The van der Waals surface area contributed by atoms with Crippen LogP contribution in [0.5, 0.6) is 0 Å². The fourth-order valence-electron chi connectivity index (χ4n) is 2.65. The van der Waals surface area contributed by atoms with Gasteiger partial charge in [-0.05, 0) is 47.5 Å². The number of alkyl carbamates (subject to hydrolysis) is 1. The predicted octanol–water partition coefficient (Wildman–Crippen LogP) is 2.44. The maximum absolute atomic E-state index is 12.3. The molecule has 3 N–H and O–H groups in total. The smallest absolute Gasteiger partial charge is 0.408 e. The molecule has 0 atom stereocenters. The summed E-state index contributed by atoms with van der Waals surface area (Å²) in [5.74, 6) is 1.48. The summed E-state index contributed by atoms with van der Waals surface area (Å²) in [6, 6.07) is 0. The fourth-order valence-corrected chi connectivity index (χ4v) is 2.65.